The SMILES string of the molecule is CC(C)N(CC(F)(F)F)C(=O)CC1CCNCC1. The molecule has 6 heteroatoms. The van der Waals surface area contributed by atoms with Gasteiger partial charge in [0.25, 0.3) is 0 Å². The molecule has 1 aliphatic heterocycles. The minimum atomic E-state index is -4.33. The molecule has 0 saturated carbocycles. The summed E-state index contributed by atoms with van der Waals surface area (Å²) < 4.78 is 37.2. The third kappa shape index (κ3) is 5.25. The molecule has 0 unspecified atom stereocenters. The van der Waals surface area contributed by atoms with Crippen LogP contribution in [0.1, 0.15) is 33.1 Å². The summed E-state index contributed by atoms with van der Waals surface area (Å²) in [6.45, 7) is 3.78. The van der Waals surface area contributed by atoms with Crippen LogP contribution in [0.25, 0.3) is 0 Å². The van der Waals surface area contributed by atoms with Gasteiger partial charge >= 0.3 is 6.18 Å². The van der Waals surface area contributed by atoms with Crippen LogP contribution in [0.5, 0.6) is 0 Å². The third-order valence-corrected chi connectivity index (χ3v) is 3.22. The molecule has 0 spiro atoms. The van der Waals surface area contributed by atoms with E-state index in [-0.39, 0.29) is 18.2 Å². The number of carbonyl (C=O) groups excluding carboxylic acids is 1. The highest BCUT2D eigenvalue weighted by molar-refractivity contribution is 5.76. The molecule has 0 aromatic heterocycles. The maximum absolute atomic E-state index is 12.4. The first-order valence-corrected chi connectivity index (χ1v) is 6.36. The van der Waals surface area contributed by atoms with Crippen LogP contribution in [-0.4, -0.2) is 42.7 Å². The van der Waals surface area contributed by atoms with Gasteiger partial charge in [-0.2, -0.15) is 13.2 Å². The van der Waals surface area contributed by atoms with Crippen LogP contribution < -0.4 is 5.32 Å². The molecule has 0 aliphatic carbocycles. The molecule has 0 radical (unpaired) electrons. The van der Waals surface area contributed by atoms with Gasteiger partial charge in [-0.1, -0.05) is 0 Å². The smallest absolute Gasteiger partial charge is 0.331 e. The van der Waals surface area contributed by atoms with E-state index in [0.29, 0.717) is 0 Å². The number of piperidine rings is 1. The molecule has 0 bridgehead atoms. The quantitative estimate of drug-likeness (QED) is 0.846. The van der Waals surface area contributed by atoms with Crippen molar-refractivity contribution >= 4 is 5.91 Å². The van der Waals surface area contributed by atoms with Gasteiger partial charge in [0.2, 0.25) is 5.91 Å². The molecule has 1 fully saturated rings. The van der Waals surface area contributed by atoms with Gasteiger partial charge in [-0.3, -0.25) is 4.79 Å². The summed E-state index contributed by atoms with van der Waals surface area (Å²) in [5.41, 5.74) is 0. The predicted octanol–water partition coefficient (Wildman–Crippen LogP) is 2.18. The van der Waals surface area contributed by atoms with Gasteiger partial charge in [-0.25, -0.2) is 0 Å². The highest BCUT2D eigenvalue weighted by Crippen LogP contribution is 2.22. The second-order valence-corrected chi connectivity index (χ2v) is 5.13. The van der Waals surface area contributed by atoms with Crippen LogP contribution in [0.15, 0.2) is 0 Å². The normalized spacial score (nSPS) is 18.1. The van der Waals surface area contributed by atoms with Gasteiger partial charge in [0.05, 0.1) is 0 Å². The van der Waals surface area contributed by atoms with Crippen molar-refractivity contribution in [2.75, 3.05) is 19.6 Å². The molecule has 0 atom stereocenters. The Labute approximate surface area is 106 Å². The van der Waals surface area contributed by atoms with Crippen molar-refractivity contribution in [3.8, 4) is 0 Å². The molecule has 1 heterocycles. The number of nitrogens with one attached hydrogen (secondary N) is 1. The lowest BCUT2D eigenvalue weighted by molar-refractivity contribution is -0.165. The van der Waals surface area contributed by atoms with Gasteiger partial charge in [0.15, 0.2) is 0 Å². The minimum Gasteiger partial charge on any atom is -0.331 e. The van der Waals surface area contributed by atoms with Gasteiger partial charge in [0, 0.05) is 12.5 Å². The number of hydrogen-bond donors (Lipinski definition) is 1. The van der Waals surface area contributed by atoms with E-state index in [1.807, 2.05) is 0 Å². The zero-order valence-electron chi connectivity index (χ0n) is 10.9. The van der Waals surface area contributed by atoms with Crippen LogP contribution >= 0.6 is 0 Å². The first-order chi connectivity index (χ1) is 8.29. The lowest BCUT2D eigenvalue weighted by Crippen LogP contribution is -2.44. The summed E-state index contributed by atoms with van der Waals surface area (Å²) in [6.07, 6.45) is -2.36. The number of rotatable bonds is 4. The standard InChI is InChI=1S/C12H21F3N2O/c1-9(2)17(8-12(13,14)15)11(18)7-10-3-5-16-6-4-10/h9-10,16H,3-8H2,1-2H3. The Morgan fingerprint density at radius 1 is 1.33 bits per heavy atom. The zero-order chi connectivity index (χ0) is 13.8. The maximum Gasteiger partial charge on any atom is 0.406 e. The van der Waals surface area contributed by atoms with Crippen molar-refractivity contribution in [3.05, 3.63) is 0 Å². The van der Waals surface area contributed by atoms with Crippen LogP contribution in [0.2, 0.25) is 0 Å². The fourth-order valence-corrected chi connectivity index (χ4v) is 2.20. The molecule has 1 saturated heterocycles. The number of halogens is 3. The lowest BCUT2D eigenvalue weighted by atomic mass is 9.94. The number of alkyl halides is 3. The minimum absolute atomic E-state index is 0.216. The Morgan fingerprint density at radius 2 is 1.89 bits per heavy atom. The first-order valence-electron chi connectivity index (χ1n) is 6.36. The Bertz CT molecular complexity index is 273. The Hall–Kier alpha value is -0.780. The third-order valence-electron chi connectivity index (χ3n) is 3.22. The predicted molar refractivity (Wildman–Crippen MR) is 63.1 cm³/mol. The van der Waals surface area contributed by atoms with E-state index in [9.17, 15) is 18.0 Å². The van der Waals surface area contributed by atoms with E-state index in [1.54, 1.807) is 13.8 Å². The highest BCUT2D eigenvalue weighted by Gasteiger charge is 2.34. The number of carbonyl (C=O) groups is 1. The number of hydrogen-bond acceptors (Lipinski definition) is 2. The Kier molecular flexibility index (Phi) is 5.44. The number of nitrogens with zero attached hydrogens (tertiary/aromatic N) is 1. The zero-order valence-corrected chi connectivity index (χ0v) is 10.9. The second kappa shape index (κ2) is 6.41. The van der Waals surface area contributed by atoms with Crippen LogP contribution in [-0.2, 0) is 4.79 Å². The van der Waals surface area contributed by atoms with Gasteiger partial charge < -0.3 is 10.2 Å². The van der Waals surface area contributed by atoms with E-state index in [2.05, 4.69) is 5.32 Å². The lowest BCUT2D eigenvalue weighted by Gasteiger charge is -2.30. The van der Waals surface area contributed by atoms with Gasteiger partial charge in [-0.05, 0) is 45.7 Å². The molecule has 1 amide bonds. The molecular weight excluding hydrogens is 245 g/mol. The Balaban J connectivity index is 2.53. The van der Waals surface area contributed by atoms with Gasteiger partial charge in [-0.15, -0.1) is 0 Å². The fourth-order valence-electron chi connectivity index (χ4n) is 2.20. The van der Waals surface area contributed by atoms with Crippen LogP contribution in [0.4, 0.5) is 13.2 Å². The molecule has 0 aromatic carbocycles. The Morgan fingerprint density at radius 3 is 2.33 bits per heavy atom. The molecule has 1 N–H and O–H groups in total. The van der Waals surface area contributed by atoms with Crippen molar-refractivity contribution in [2.24, 2.45) is 5.92 Å². The summed E-state index contributed by atoms with van der Waals surface area (Å²) in [5, 5.41) is 3.17. The molecular formula is C12H21F3N2O. The van der Waals surface area contributed by atoms with Crippen molar-refractivity contribution in [1.82, 2.24) is 10.2 Å². The molecule has 3 nitrogen and oxygen atoms in total. The largest absolute Gasteiger partial charge is 0.406 e. The van der Waals surface area contributed by atoms with Crippen molar-refractivity contribution < 1.29 is 18.0 Å². The summed E-state index contributed by atoms with van der Waals surface area (Å²) in [7, 11) is 0. The van der Waals surface area contributed by atoms with Gasteiger partial charge in [0.1, 0.15) is 6.54 Å². The number of amides is 1. The average Bonchev–Trinajstić information content (AvgIpc) is 2.25. The topological polar surface area (TPSA) is 32.3 Å². The molecule has 18 heavy (non-hydrogen) atoms. The van der Waals surface area contributed by atoms with Crippen LogP contribution in [0, 0.1) is 5.92 Å². The van der Waals surface area contributed by atoms with E-state index < -0.39 is 18.8 Å². The molecule has 1 rings (SSSR count). The van der Waals surface area contributed by atoms with Crippen molar-refractivity contribution in [1.29, 1.82) is 0 Å². The maximum atomic E-state index is 12.4. The highest BCUT2D eigenvalue weighted by atomic mass is 19.4. The van der Waals surface area contributed by atoms with E-state index in [1.165, 1.54) is 0 Å². The summed E-state index contributed by atoms with van der Waals surface area (Å²) >= 11 is 0. The second-order valence-electron chi connectivity index (χ2n) is 5.13. The monoisotopic (exact) mass is 266 g/mol. The van der Waals surface area contributed by atoms with E-state index in [4.69, 9.17) is 0 Å². The van der Waals surface area contributed by atoms with E-state index in [0.717, 1.165) is 30.8 Å². The summed E-state index contributed by atoms with van der Waals surface area (Å²) in [5.74, 6) is -0.164. The van der Waals surface area contributed by atoms with Crippen molar-refractivity contribution in [3.63, 3.8) is 0 Å². The molecule has 106 valence electrons. The molecule has 1 aliphatic rings. The van der Waals surface area contributed by atoms with Crippen molar-refractivity contribution in [2.45, 2.75) is 45.3 Å². The van der Waals surface area contributed by atoms with Crippen LogP contribution in [0.3, 0.4) is 0 Å². The van der Waals surface area contributed by atoms with E-state index >= 15 is 0 Å². The average molecular weight is 266 g/mol. The molecule has 0 aromatic rings. The summed E-state index contributed by atoms with van der Waals surface area (Å²) in [6, 6.07) is -0.416. The summed E-state index contributed by atoms with van der Waals surface area (Å²) in [4.78, 5) is 12.9. The first kappa shape index (κ1) is 15.3. The fraction of sp³-hybridized carbons (Fsp3) is 0.917.